The fourth-order valence-corrected chi connectivity index (χ4v) is 3.75. The van der Waals surface area contributed by atoms with Gasteiger partial charge in [-0.05, 0) is 48.7 Å². The predicted molar refractivity (Wildman–Crippen MR) is 97.5 cm³/mol. The van der Waals surface area contributed by atoms with Crippen LogP contribution in [0.2, 0.25) is 10.0 Å². The SMILES string of the molecule is COC(=O)C(Cc1ccc(Cl)cc1)NS(=O)(=O)c1ccc(C)c(Cl)c1. The van der Waals surface area contributed by atoms with Crippen molar-refractivity contribution < 1.29 is 17.9 Å². The Morgan fingerprint density at radius 1 is 1.16 bits per heavy atom. The maximum atomic E-state index is 12.6. The average molecular weight is 402 g/mol. The smallest absolute Gasteiger partial charge is 0.324 e. The van der Waals surface area contributed by atoms with Gasteiger partial charge in [0, 0.05) is 10.0 Å². The Morgan fingerprint density at radius 3 is 2.36 bits per heavy atom. The van der Waals surface area contributed by atoms with Gasteiger partial charge in [-0.1, -0.05) is 41.4 Å². The maximum absolute atomic E-state index is 12.6. The van der Waals surface area contributed by atoms with Gasteiger partial charge >= 0.3 is 5.97 Å². The zero-order chi connectivity index (χ0) is 18.6. The minimum absolute atomic E-state index is 0.0203. The van der Waals surface area contributed by atoms with Crippen molar-refractivity contribution in [1.82, 2.24) is 4.72 Å². The summed E-state index contributed by atoms with van der Waals surface area (Å²) in [6.07, 6.45) is 0.128. The number of nitrogens with one attached hydrogen (secondary N) is 1. The monoisotopic (exact) mass is 401 g/mol. The first-order chi connectivity index (χ1) is 11.7. The quantitative estimate of drug-likeness (QED) is 0.753. The highest BCUT2D eigenvalue weighted by molar-refractivity contribution is 7.89. The second-order valence-corrected chi connectivity index (χ2v) is 8.00. The van der Waals surface area contributed by atoms with Crippen LogP contribution >= 0.6 is 23.2 Å². The van der Waals surface area contributed by atoms with Crippen molar-refractivity contribution in [3.05, 3.63) is 63.6 Å². The molecule has 134 valence electrons. The fraction of sp³-hybridized carbons (Fsp3) is 0.235. The van der Waals surface area contributed by atoms with Crippen molar-refractivity contribution in [3.63, 3.8) is 0 Å². The minimum Gasteiger partial charge on any atom is -0.468 e. The lowest BCUT2D eigenvalue weighted by Gasteiger charge is -2.17. The Labute approximate surface area is 157 Å². The summed E-state index contributed by atoms with van der Waals surface area (Å²) < 4.78 is 32.2. The topological polar surface area (TPSA) is 72.5 Å². The van der Waals surface area contributed by atoms with E-state index in [0.717, 1.165) is 11.1 Å². The highest BCUT2D eigenvalue weighted by atomic mass is 35.5. The van der Waals surface area contributed by atoms with Gasteiger partial charge in [0.15, 0.2) is 0 Å². The molecule has 1 N–H and O–H groups in total. The number of hydrogen-bond donors (Lipinski definition) is 1. The third-order valence-corrected chi connectivity index (χ3v) is 5.72. The van der Waals surface area contributed by atoms with E-state index in [9.17, 15) is 13.2 Å². The number of halogens is 2. The van der Waals surface area contributed by atoms with Crippen molar-refractivity contribution in [2.24, 2.45) is 0 Å². The average Bonchev–Trinajstić information content (AvgIpc) is 2.57. The zero-order valence-corrected chi connectivity index (χ0v) is 16.0. The van der Waals surface area contributed by atoms with Gasteiger partial charge in [0.05, 0.1) is 12.0 Å². The summed E-state index contributed by atoms with van der Waals surface area (Å²) in [5.41, 5.74) is 1.50. The normalized spacial score (nSPS) is 12.6. The van der Waals surface area contributed by atoms with E-state index in [-0.39, 0.29) is 11.3 Å². The number of sulfonamides is 1. The molecule has 0 saturated carbocycles. The summed E-state index contributed by atoms with van der Waals surface area (Å²) in [4.78, 5) is 12.0. The maximum Gasteiger partial charge on any atom is 0.324 e. The summed E-state index contributed by atoms with van der Waals surface area (Å²) in [7, 11) is -2.74. The van der Waals surface area contributed by atoms with Gasteiger partial charge in [-0.3, -0.25) is 4.79 Å². The molecule has 1 atom stereocenters. The van der Waals surface area contributed by atoms with Crippen LogP contribution in [0.25, 0.3) is 0 Å². The molecule has 0 aliphatic carbocycles. The molecular formula is C17H17Cl2NO4S. The van der Waals surface area contributed by atoms with E-state index < -0.39 is 22.0 Å². The van der Waals surface area contributed by atoms with Crippen LogP contribution in [0.1, 0.15) is 11.1 Å². The number of benzene rings is 2. The van der Waals surface area contributed by atoms with Crippen LogP contribution in [-0.4, -0.2) is 27.5 Å². The number of rotatable bonds is 6. The van der Waals surface area contributed by atoms with Crippen LogP contribution in [-0.2, 0) is 26.0 Å². The second kappa shape index (κ2) is 8.19. The van der Waals surface area contributed by atoms with Gasteiger partial charge < -0.3 is 4.74 Å². The molecule has 2 aromatic rings. The van der Waals surface area contributed by atoms with Crippen LogP contribution in [0.4, 0.5) is 0 Å². The zero-order valence-electron chi connectivity index (χ0n) is 13.6. The highest BCUT2D eigenvalue weighted by Crippen LogP contribution is 2.20. The molecule has 0 aliphatic heterocycles. The predicted octanol–water partition coefficient (Wildman–Crippen LogP) is 3.36. The Bertz CT molecular complexity index is 867. The summed E-state index contributed by atoms with van der Waals surface area (Å²) in [6, 6.07) is 10.1. The molecule has 8 heteroatoms. The molecule has 0 saturated heterocycles. The first-order valence-corrected chi connectivity index (χ1v) is 9.57. The van der Waals surface area contributed by atoms with E-state index in [1.54, 1.807) is 37.3 Å². The lowest BCUT2D eigenvalue weighted by Crippen LogP contribution is -2.43. The molecule has 0 bridgehead atoms. The van der Waals surface area contributed by atoms with Gasteiger partial charge in [0.25, 0.3) is 0 Å². The molecule has 0 heterocycles. The van der Waals surface area contributed by atoms with Gasteiger partial charge in [-0.2, -0.15) is 4.72 Å². The standard InChI is InChI=1S/C17H17Cl2NO4S/c1-11-3-8-14(10-15(11)19)25(22,23)20-16(17(21)24-2)9-12-4-6-13(18)7-5-12/h3-8,10,16,20H,9H2,1-2H3. The van der Waals surface area contributed by atoms with E-state index in [2.05, 4.69) is 4.72 Å². The Morgan fingerprint density at radius 2 is 1.80 bits per heavy atom. The molecule has 0 spiro atoms. The Kier molecular flexibility index (Phi) is 6.46. The number of ether oxygens (including phenoxy) is 1. The Balaban J connectivity index is 2.27. The molecule has 0 fully saturated rings. The van der Waals surface area contributed by atoms with Gasteiger partial charge in [0.1, 0.15) is 6.04 Å². The molecule has 0 aromatic heterocycles. The minimum atomic E-state index is -3.94. The number of esters is 1. The third-order valence-electron chi connectivity index (χ3n) is 3.59. The van der Waals surface area contributed by atoms with Crippen molar-refractivity contribution in [1.29, 1.82) is 0 Å². The lowest BCUT2D eigenvalue weighted by molar-refractivity contribution is -0.142. The van der Waals surface area contributed by atoms with E-state index in [0.29, 0.717) is 10.0 Å². The van der Waals surface area contributed by atoms with Crippen LogP contribution in [0.5, 0.6) is 0 Å². The molecule has 0 aliphatic rings. The molecule has 2 rings (SSSR count). The van der Waals surface area contributed by atoms with E-state index in [1.165, 1.54) is 19.2 Å². The first-order valence-electron chi connectivity index (χ1n) is 7.33. The summed E-state index contributed by atoms with van der Waals surface area (Å²) in [5.74, 6) is -0.684. The number of carbonyl (C=O) groups is 1. The number of aryl methyl sites for hydroxylation is 1. The van der Waals surface area contributed by atoms with Crippen LogP contribution in [0, 0.1) is 6.92 Å². The van der Waals surface area contributed by atoms with Gasteiger partial charge in [-0.25, -0.2) is 8.42 Å². The summed E-state index contributed by atoms with van der Waals surface area (Å²) >= 11 is 11.8. The third kappa shape index (κ3) is 5.19. The number of carbonyl (C=O) groups excluding carboxylic acids is 1. The fourth-order valence-electron chi connectivity index (χ4n) is 2.17. The van der Waals surface area contributed by atoms with Crippen molar-refractivity contribution in [2.45, 2.75) is 24.3 Å². The van der Waals surface area contributed by atoms with E-state index in [4.69, 9.17) is 27.9 Å². The van der Waals surface area contributed by atoms with Crippen LogP contribution in [0.3, 0.4) is 0 Å². The number of methoxy groups -OCH3 is 1. The molecule has 1 unspecified atom stereocenters. The molecular weight excluding hydrogens is 385 g/mol. The van der Waals surface area contributed by atoms with Gasteiger partial charge in [0.2, 0.25) is 10.0 Å². The first kappa shape index (κ1) is 19.7. The van der Waals surface area contributed by atoms with E-state index >= 15 is 0 Å². The van der Waals surface area contributed by atoms with Crippen LogP contribution in [0.15, 0.2) is 47.4 Å². The summed E-state index contributed by atoms with van der Waals surface area (Å²) in [6.45, 7) is 1.77. The van der Waals surface area contributed by atoms with Gasteiger partial charge in [-0.15, -0.1) is 0 Å². The van der Waals surface area contributed by atoms with Crippen molar-refractivity contribution >= 4 is 39.2 Å². The second-order valence-electron chi connectivity index (χ2n) is 5.44. The highest BCUT2D eigenvalue weighted by Gasteiger charge is 2.27. The molecule has 2 aromatic carbocycles. The van der Waals surface area contributed by atoms with Crippen molar-refractivity contribution in [3.8, 4) is 0 Å². The number of hydrogen-bond acceptors (Lipinski definition) is 4. The Hall–Kier alpha value is -1.60. The van der Waals surface area contributed by atoms with E-state index in [1.807, 2.05) is 0 Å². The molecule has 0 radical (unpaired) electrons. The molecule has 5 nitrogen and oxygen atoms in total. The summed E-state index contributed by atoms with van der Waals surface area (Å²) in [5, 5.41) is 0.878. The van der Waals surface area contributed by atoms with Crippen molar-refractivity contribution in [2.75, 3.05) is 7.11 Å². The molecule has 0 amide bonds. The molecule has 25 heavy (non-hydrogen) atoms. The largest absolute Gasteiger partial charge is 0.468 e. The lowest BCUT2D eigenvalue weighted by atomic mass is 10.1. The van der Waals surface area contributed by atoms with Crippen LogP contribution < -0.4 is 4.72 Å².